The fourth-order valence-electron chi connectivity index (χ4n) is 4.34. The van der Waals surface area contributed by atoms with Crippen LogP contribution in [0.15, 0.2) is 30.3 Å². The zero-order chi connectivity index (χ0) is 26.7. The van der Waals surface area contributed by atoms with Crippen LogP contribution >= 0.6 is 0 Å². The van der Waals surface area contributed by atoms with Crippen LogP contribution < -0.4 is 22.1 Å². The van der Waals surface area contributed by atoms with E-state index in [2.05, 4.69) is 10.6 Å². The Morgan fingerprint density at radius 2 is 1.81 bits per heavy atom. The molecule has 5 unspecified atom stereocenters. The molecule has 7 N–H and O–H groups in total. The summed E-state index contributed by atoms with van der Waals surface area (Å²) in [7, 11) is 0. The molecule has 3 amide bonds. The van der Waals surface area contributed by atoms with Crippen LogP contribution in [-0.4, -0.2) is 71.0 Å². The molecule has 200 valence electrons. The van der Waals surface area contributed by atoms with E-state index in [9.17, 15) is 24.3 Å². The first kappa shape index (κ1) is 29.3. The lowest BCUT2D eigenvalue weighted by Crippen LogP contribution is -2.57. The Morgan fingerprint density at radius 3 is 2.42 bits per heavy atom. The van der Waals surface area contributed by atoms with E-state index in [1.54, 1.807) is 0 Å². The van der Waals surface area contributed by atoms with Crippen LogP contribution in [0.1, 0.15) is 57.9 Å². The number of benzene rings is 1. The monoisotopic (exact) mass is 503 g/mol. The number of carboxylic acids is 1. The molecule has 1 aromatic rings. The molecule has 1 saturated heterocycles. The zero-order valence-electron chi connectivity index (χ0n) is 21.3. The fraction of sp³-hybridized carbons (Fsp3) is 0.615. The number of hydrogen-bond donors (Lipinski definition) is 5. The average molecular weight is 504 g/mol. The SMILES string of the molecule is CCC(C)C(N)C(=O)N1CCCC1C(=O)NC(Cc1ccccc1)C(=O)NC(CCCCN)C(=O)O. The number of hydrogen-bond acceptors (Lipinski definition) is 6. The maximum Gasteiger partial charge on any atom is 0.326 e. The molecule has 1 aliphatic heterocycles. The topological polar surface area (TPSA) is 168 Å². The third kappa shape index (κ3) is 8.30. The largest absolute Gasteiger partial charge is 0.480 e. The Kier molecular flexibility index (Phi) is 11.8. The fourth-order valence-corrected chi connectivity index (χ4v) is 4.34. The van der Waals surface area contributed by atoms with Gasteiger partial charge in [0, 0.05) is 13.0 Å². The van der Waals surface area contributed by atoms with Crippen molar-refractivity contribution in [3.8, 4) is 0 Å². The summed E-state index contributed by atoms with van der Waals surface area (Å²) >= 11 is 0. The molecule has 1 aromatic carbocycles. The van der Waals surface area contributed by atoms with Crippen molar-refractivity contribution in [1.29, 1.82) is 0 Å². The smallest absolute Gasteiger partial charge is 0.326 e. The number of carbonyl (C=O) groups is 4. The Hall–Kier alpha value is -2.98. The molecule has 5 atom stereocenters. The van der Waals surface area contributed by atoms with Crippen LogP contribution in [-0.2, 0) is 25.6 Å². The van der Waals surface area contributed by atoms with E-state index in [1.165, 1.54) is 4.90 Å². The summed E-state index contributed by atoms with van der Waals surface area (Å²) in [6.45, 7) is 4.72. The van der Waals surface area contributed by atoms with Crippen molar-refractivity contribution in [3.63, 3.8) is 0 Å². The van der Waals surface area contributed by atoms with Gasteiger partial charge in [-0.2, -0.15) is 0 Å². The number of aliphatic carboxylic acids is 1. The number of unbranched alkanes of at least 4 members (excludes halogenated alkanes) is 1. The van der Waals surface area contributed by atoms with Crippen molar-refractivity contribution >= 4 is 23.7 Å². The molecule has 0 aromatic heterocycles. The molecule has 0 bridgehead atoms. The second kappa shape index (κ2) is 14.5. The van der Waals surface area contributed by atoms with Crippen molar-refractivity contribution in [2.75, 3.05) is 13.1 Å². The molecule has 1 aliphatic rings. The molecule has 10 heteroatoms. The van der Waals surface area contributed by atoms with Crippen LogP contribution in [0.25, 0.3) is 0 Å². The van der Waals surface area contributed by atoms with E-state index in [0.717, 1.165) is 12.0 Å². The second-order valence-corrected chi connectivity index (χ2v) is 9.54. The van der Waals surface area contributed by atoms with Crippen LogP contribution in [0.3, 0.4) is 0 Å². The average Bonchev–Trinajstić information content (AvgIpc) is 3.37. The van der Waals surface area contributed by atoms with Gasteiger partial charge in [-0.1, -0.05) is 50.6 Å². The minimum Gasteiger partial charge on any atom is -0.480 e. The minimum atomic E-state index is -1.14. The van der Waals surface area contributed by atoms with E-state index >= 15 is 0 Å². The first-order valence-electron chi connectivity index (χ1n) is 12.8. The second-order valence-electron chi connectivity index (χ2n) is 9.54. The summed E-state index contributed by atoms with van der Waals surface area (Å²) in [6.07, 6.45) is 3.50. The van der Waals surface area contributed by atoms with Gasteiger partial charge in [-0.3, -0.25) is 14.4 Å². The number of likely N-dealkylation sites (tertiary alicyclic amines) is 1. The van der Waals surface area contributed by atoms with Crippen molar-refractivity contribution in [1.82, 2.24) is 15.5 Å². The van der Waals surface area contributed by atoms with Crippen molar-refractivity contribution in [2.24, 2.45) is 17.4 Å². The molecule has 0 radical (unpaired) electrons. The van der Waals surface area contributed by atoms with E-state index in [-0.39, 0.29) is 24.7 Å². The highest BCUT2D eigenvalue weighted by Gasteiger charge is 2.38. The lowest BCUT2D eigenvalue weighted by atomic mass is 9.98. The van der Waals surface area contributed by atoms with Crippen LogP contribution in [0, 0.1) is 5.92 Å². The third-order valence-electron chi connectivity index (χ3n) is 6.86. The summed E-state index contributed by atoms with van der Waals surface area (Å²) in [6, 6.07) is 5.65. The normalized spacial score (nSPS) is 18.7. The summed E-state index contributed by atoms with van der Waals surface area (Å²) in [5, 5.41) is 14.9. The first-order valence-corrected chi connectivity index (χ1v) is 12.8. The van der Waals surface area contributed by atoms with Gasteiger partial charge in [-0.25, -0.2) is 4.79 Å². The molecule has 10 nitrogen and oxygen atoms in total. The molecule has 36 heavy (non-hydrogen) atoms. The number of rotatable bonds is 14. The molecular formula is C26H41N5O5. The maximum atomic E-state index is 13.3. The van der Waals surface area contributed by atoms with E-state index in [1.807, 2.05) is 44.2 Å². The van der Waals surface area contributed by atoms with Gasteiger partial charge in [0.25, 0.3) is 0 Å². The van der Waals surface area contributed by atoms with Crippen molar-refractivity contribution in [3.05, 3.63) is 35.9 Å². The molecule has 0 spiro atoms. The van der Waals surface area contributed by atoms with Crippen molar-refractivity contribution in [2.45, 2.75) is 83.0 Å². The Morgan fingerprint density at radius 1 is 1.11 bits per heavy atom. The molecule has 0 aliphatic carbocycles. The maximum absolute atomic E-state index is 13.3. The molecular weight excluding hydrogens is 462 g/mol. The molecule has 0 saturated carbocycles. The van der Waals surface area contributed by atoms with Crippen LogP contribution in [0.4, 0.5) is 0 Å². The van der Waals surface area contributed by atoms with Gasteiger partial charge < -0.3 is 32.1 Å². The Bertz CT molecular complexity index is 881. The first-order chi connectivity index (χ1) is 17.2. The number of nitrogens with two attached hydrogens (primary N) is 2. The highest BCUT2D eigenvalue weighted by atomic mass is 16.4. The number of nitrogens with zero attached hydrogens (tertiary/aromatic N) is 1. The Labute approximate surface area is 213 Å². The van der Waals surface area contributed by atoms with E-state index < -0.39 is 42.0 Å². The predicted molar refractivity (Wildman–Crippen MR) is 137 cm³/mol. The lowest BCUT2D eigenvalue weighted by molar-refractivity contribution is -0.143. The van der Waals surface area contributed by atoms with Gasteiger partial charge >= 0.3 is 5.97 Å². The third-order valence-corrected chi connectivity index (χ3v) is 6.86. The van der Waals surface area contributed by atoms with E-state index in [4.69, 9.17) is 11.5 Å². The summed E-state index contributed by atoms with van der Waals surface area (Å²) < 4.78 is 0. The summed E-state index contributed by atoms with van der Waals surface area (Å²) in [5.74, 6) is -2.46. The Balaban J connectivity index is 2.17. The van der Waals surface area contributed by atoms with Gasteiger partial charge in [-0.15, -0.1) is 0 Å². The van der Waals surface area contributed by atoms with Gasteiger partial charge in [-0.05, 0) is 50.1 Å². The van der Waals surface area contributed by atoms with Gasteiger partial charge in [0.15, 0.2) is 0 Å². The van der Waals surface area contributed by atoms with Crippen LogP contribution in [0.5, 0.6) is 0 Å². The number of nitrogens with one attached hydrogen (secondary N) is 2. The van der Waals surface area contributed by atoms with E-state index in [0.29, 0.717) is 38.8 Å². The van der Waals surface area contributed by atoms with Crippen molar-refractivity contribution < 1.29 is 24.3 Å². The van der Waals surface area contributed by atoms with Gasteiger partial charge in [0.1, 0.15) is 18.1 Å². The summed E-state index contributed by atoms with van der Waals surface area (Å²) in [4.78, 5) is 52.7. The number of carboxylic acid groups (broad SMARTS) is 1. The number of carbonyl (C=O) groups excluding carboxylic acids is 3. The molecule has 2 rings (SSSR count). The highest BCUT2D eigenvalue weighted by Crippen LogP contribution is 2.21. The standard InChI is InChI=1S/C26H41N5O5/c1-3-17(2)22(28)25(34)31-15-9-13-21(31)24(33)30-20(16-18-10-5-4-6-11-18)23(32)29-19(26(35)36)12-7-8-14-27/h4-6,10-11,17,19-22H,3,7-9,12-16,27-28H2,1-2H3,(H,29,32)(H,30,33)(H,35,36). The predicted octanol–water partition coefficient (Wildman–Crippen LogP) is 0.777. The summed E-state index contributed by atoms with van der Waals surface area (Å²) in [5.41, 5.74) is 12.5. The minimum absolute atomic E-state index is 0.0226. The number of amides is 3. The van der Waals surface area contributed by atoms with Gasteiger partial charge in [0.05, 0.1) is 6.04 Å². The highest BCUT2D eigenvalue weighted by molar-refractivity contribution is 5.94. The molecule has 1 fully saturated rings. The zero-order valence-corrected chi connectivity index (χ0v) is 21.3. The quantitative estimate of drug-likeness (QED) is 0.234. The van der Waals surface area contributed by atoms with Gasteiger partial charge in [0.2, 0.25) is 17.7 Å². The molecule has 1 heterocycles. The lowest BCUT2D eigenvalue weighted by Gasteiger charge is -2.30. The van der Waals surface area contributed by atoms with Crippen LogP contribution in [0.2, 0.25) is 0 Å².